The molecule has 0 amide bonds. The minimum absolute atomic E-state index is 0.384. The zero-order chi connectivity index (χ0) is 8.77. The van der Waals surface area contributed by atoms with Gasteiger partial charge in [0.1, 0.15) is 5.82 Å². The Morgan fingerprint density at radius 2 is 2.33 bits per heavy atom. The number of rotatable bonds is 2. The molecule has 1 heterocycles. The second-order valence-electron chi connectivity index (χ2n) is 3.71. The quantitative estimate of drug-likeness (QED) is 0.720. The molecule has 1 saturated carbocycles. The Balaban J connectivity index is 2.34. The number of nitrogen functional groups attached to an aromatic ring is 1. The molecule has 1 aromatic heterocycles. The molecule has 1 aliphatic rings. The molecule has 0 aromatic carbocycles. The molecule has 1 aliphatic carbocycles. The van der Waals surface area contributed by atoms with Gasteiger partial charge in [0, 0.05) is 18.5 Å². The maximum absolute atomic E-state index is 5.72. The number of hydrogen-bond donors (Lipinski definition) is 1. The average Bonchev–Trinajstić information content (AvgIpc) is 2.77. The molecule has 0 spiro atoms. The molecule has 0 bridgehead atoms. The lowest BCUT2D eigenvalue weighted by Gasteiger charge is -2.06. The first-order valence-corrected chi connectivity index (χ1v) is 4.48. The van der Waals surface area contributed by atoms with E-state index in [0.29, 0.717) is 5.41 Å². The molecule has 66 valence electrons. The van der Waals surface area contributed by atoms with Gasteiger partial charge in [-0.2, -0.15) is 5.10 Å². The molecule has 0 aliphatic heterocycles. The zero-order valence-electron chi connectivity index (χ0n) is 7.67. The molecule has 2 rings (SSSR count). The number of aryl methyl sites for hydroxylation is 1. The van der Waals surface area contributed by atoms with Crippen molar-refractivity contribution in [1.29, 1.82) is 0 Å². The summed E-state index contributed by atoms with van der Waals surface area (Å²) in [6.07, 6.45) is 3.74. The molecular formula is C9H15N3. The highest BCUT2D eigenvalue weighted by atomic mass is 15.3. The number of anilines is 1. The standard InChI is InChI=1S/C9H15N3/c1-3-9(4-5-9)7-6-8(10)12(2)11-7/h6H,3-5,10H2,1-2H3. The third-order valence-corrected chi connectivity index (χ3v) is 2.99. The molecule has 1 fully saturated rings. The molecule has 0 radical (unpaired) electrons. The van der Waals surface area contributed by atoms with Crippen LogP contribution >= 0.6 is 0 Å². The van der Waals surface area contributed by atoms with Crippen LogP contribution < -0.4 is 5.73 Å². The van der Waals surface area contributed by atoms with E-state index >= 15 is 0 Å². The second kappa shape index (κ2) is 2.25. The van der Waals surface area contributed by atoms with Crippen molar-refractivity contribution in [2.75, 3.05) is 5.73 Å². The van der Waals surface area contributed by atoms with Crippen molar-refractivity contribution < 1.29 is 0 Å². The van der Waals surface area contributed by atoms with Crippen LogP contribution in [0.15, 0.2) is 6.07 Å². The fraction of sp³-hybridized carbons (Fsp3) is 0.667. The van der Waals surface area contributed by atoms with Crippen molar-refractivity contribution in [2.45, 2.75) is 31.6 Å². The zero-order valence-corrected chi connectivity index (χ0v) is 7.67. The highest BCUT2D eigenvalue weighted by Gasteiger charge is 2.44. The van der Waals surface area contributed by atoms with Gasteiger partial charge in [-0.25, -0.2) is 0 Å². The summed E-state index contributed by atoms with van der Waals surface area (Å²) in [4.78, 5) is 0. The van der Waals surface area contributed by atoms with Crippen LogP contribution in [-0.2, 0) is 12.5 Å². The van der Waals surface area contributed by atoms with Gasteiger partial charge >= 0.3 is 0 Å². The Hall–Kier alpha value is -0.990. The third kappa shape index (κ3) is 0.924. The Labute approximate surface area is 72.6 Å². The lowest BCUT2D eigenvalue weighted by molar-refractivity contribution is 0.616. The molecule has 0 unspecified atom stereocenters. The van der Waals surface area contributed by atoms with E-state index in [1.54, 1.807) is 4.68 Å². The maximum atomic E-state index is 5.72. The molecule has 0 atom stereocenters. The minimum atomic E-state index is 0.384. The molecule has 12 heavy (non-hydrogen) atoms. The van der Waals surface area contributed by atoms with E-state index < -0.39 is 0 Å². The SMILES string of the molecule is CCC1(c2cc(N)n(C)n2)CC1. The monoisotopic (exact) mass is 165 g/mol. The topological polar surface area (TPSA) is 43.8 Å². The van der Waals surface area contributed by atoms with Crippen molar-refractivity contribution >= 4 is 5.82 Å². The minimum Gasteiger partial charge on any atom is -0.384 e. The van der Waals surface area contributed by atoms with Crippen LogP contribution in [0.3, 0.4) is 0 Å². The Morgan fingerprint density at radius 1 is 1.67 bits per heavy atom. The smallest absolute Gasteiger partial charge is 0.121 e. The second-order valence-corrected chi connectivity index (χ2v) is 3.71. The first kappa shape index (κ1) is 7.65. The van der Waals surface area contributed by atoms with Crippen LogP contribution in [0, 0.1) is 0 Å². The Morgan fingerprint density at radius 3 is 2.67 bits per heavy atom. The van der Waals surface area contributed by atoms with Gasteiger partial charge < -0.3 is 5.73 Å². The summed E-state index contributed by atoms with van der Waals surface area (Å²) in [5.41, 5.74) is 7.29. The molecular weight excluding hydrogens is 150 g/mol. The van der Waals surface area contributed by atoms with E-state index in [1.165, 1.54) is 25.0 Å². The van der Waals surface area contributed by atoms with E-state index in [2.05, 4.69) is 12.0 Å². The van der Waals surface area contributed by atoms with Gasteiger partial charge in [0.2, 0.25) is 0 Å². The average molecular weight is 165 g/mol. The van der Waals surface area contributed by atoms with Gasteiger partial charge in [0.05, 0.1) is 5.69 Å². The summed E-state index contributed by atoms with van der Waals surface area (Å²) in [6, 6.07) is 2.01. The molecule has 0 saturated heterocycles. The lowest BCUT2D eigenvalue weighted by Crippen LogP contribution is -2.06. The fourth-order valence-electron chi connectivity index (χ4n) is 1.68. The summed E-state index contributed by atoms with van der Waals surface area (Å²) in [7, 11) is 1.89. The van der Waals surface area contributed by atoms with E-state index in [-0.39, 0.29) is 0 Å². The van der Waals surface area contributed by atoms with Crippen LogP contribution in [0.5, 0.6) is 0 Å². The lowest BCUT2D eigenvalue weighted by atomic mass is 10.00. The Kier molecular flexibility index (Phi) is 1.43. The first-order valence-electron chi connectivity index (χ1n) is 4.48. The number of nitrogens with zero attached hydrogens (tertiary/aromatic N) is 2. The number of aromatic nitrogens is 2. The van der Waals surface area contributed by atoms with Gasteiger partial charge in [0.15, 0.2) is 0 Å². The first-order chi connectivity index (χ1) is 5.68. The van der Waals surface area contributed by atoms with E-state index in [9.17, 15) is 0 Å². The van der Waals surface area contributed by atoms with Gasteiger partial charge in [-0.05, 0) is 19.3 Å². The third-order valence-electron chi connectivity index (χ3n) is 2.99. The van der Waals surface area contributed by atoms with Crippen LogP contribution in [0.4, 0.5) is 5.82 Å². The summed E-state index contributed by atoms with van der Waals surface area (Å²) in [6.45, 7) is 2.22. The van der Waals surface area contributed by atoms with Crippen LogP contribution in [0.2, 0.25) is 0 Å². The normalized spacial score (nSPS) is 19.5. The molecule has 2 N–H and O–H groups in total. The number of nitrogens with two attached hydrogens (primary N) is 1. The summed E-state index contributed by atoms with van der Waals surface area (Å²) >= 11 is 0. The van der Waals surface area contributed by atoms with Crippen LogP contribution in [0.25, 0.3) is 0 Å². The predicted octanol–water partition coefficient (Wildman–Crippen LogP) is 1.44. The summed E-state index contributed by atoms with van der Waals surface area (Å²) in [5.74, 6) is 0.768. The van der Waals surface area contributed by atoms with E-state index in [0.717, 1.165) is 5.82 Å². The van der Waals surface area contributed by atoms with Crippen molar-refractivity contribution in [3.63, 3.8) is 0 Å². The van der Waals surface area contributed by atoms with Crippen molar-refractivity contribution in [2.24, 2.45) is 7.05 Å². The van der Waals surface area contributed by atoms with Gasteiger partial charge in [-0.3, -0.25) is 4.68 Å². The van der Waals surface area contributed by atoms with Gasteiger partial charge in [-0.15, -0.1) is 0 Å². The summed E-state index contributed by atoms with van der Waals surface area (Å²) < 4.78 is 1.76. The van der Waals surface area contributed by atoms with Crippen molar-refractivity contribution in [1.82, 2.24) is 9.78 Å². The molecule has 1 aromatic rings. The van der Waals surface area contributed by atoms with Crippen LogP contribution in [0.1, 0.15) is 31.9 Å². The summed E-state index contributed by atoms with van der Waals surface area (Å²) in [5, 5.41) is 4.41. The fourth-order valence-corrected chi connectivity index (χ4v) is 1.68. The predicted molar refractivity (Wildman–Crippen MR) is 48.8 cm³/mol. The maximum Gasteiger partial charge on any atom is 0.121 e. The van der Waals surface area contributed by atoms with Crippen molar-refractivity contribution in [3.8, 4) is 0 Å². The van der Waals surface area contributed by atoms with Crippen LogP contribution in [-0.4, -0.2) is 9.78 Å². The van der Waals surface area contributed by atoms with Gasteiger partial charge in [-0.1, -0.05) is 6.92 Å². The highest BCUT2D eigenvalue weighted by Crippen LogP contribution is 2.50. The van der Waals surface area contributed by atoms with Crippen molar-refractivity contribution in [3.05, 3.63) is 11.8 Å². The number of hydrogen-bond acceptors (Lipinski definition) is 2. The Bertz CT molecular complexity index is 277. The molecule has 3 nitrogen and oxygen atoms in total. The highest BCUT2D eigenvalue weighted by molar-refractivity contribution is 5.36. The van der Waals surface area contributed by atoms with E-state index in [4.69, 9.17) is 5.73 Å². The van der Waals surface area contributed by atoms with E-state index in [1.807, 2.05) is 13.1 Å². The largest absolute Gasteiger partial charge is 0.384 e. The van der Waals surface area contributed by atoms with Gasteiger partial charge in [0.25, 0.3) is 0 Å². The molecule has 3 heteroatoms.